The maximum Gasteiger partial charge on any atom is 0.271 e. The first-order valence-electron chi connectivity index (χ1n) is 6.03. The summed E-state index contributed by atoms with van der Waals surface area (Å²) in [4.78, 5) is 17.7. The Morgan fingerprint density at radius 2 is 2.30 bits per heavy atom. The van der Waals surface area contributed by atoms with E-state index >= 15 is 0 Å². The second-order valence-corrected chi connectivity index (χ2v) is 5.22. The van der Waals surface area contributed by atoms with Gasteiger partial charge >= 0.3 is 0 Å². The van der Waals surface area contributed by atoms with Crippen LogP contribution in [-0.4, -0.2) is 14.9 Å². The van der Waals surface area contributed by atoms with Gasteiger partial charge in [-0.15, -0.1) is 0 Å². The van der Waals surface area contributed by atoms with E-state index < -0.39 is 4.92 Å². The number of hydrogen-bond donors (Lipinski definition) is 2. The Balaban J connectivity index is 1.82. The molecule has 20 heavy (non-hydrogen) atoms. The fourth-order valence-corrected chi connectivity index (χ4v) is 2.80. The molecule has 1 aromatic carbocycles. The van der Waals surface area contributed by atoms with Crippen LogP contribution in [0.3, 0.4) is 0 Å². The third-order valence-corrected chi connectivity index (χ3v) is 3.99. The zero-order valence-corrected chi connectivity index (χ0v) is 11.5. The van der Waals surface area contributed by atoms with E-state index in [0.29, 0.717) is 23.5 Å². The molecular formula is C13H12N4O2S. The molecule has 2 N–H and O–H groups in total. The first-order valence-corrected chi connectivity index (χ1v) is 6.97. The molecule has 3 aromatic rings. The topological polar surface area (TPSA) is 83.8 Å². The monoisotopic (exact) mass is 288 g/mol. The molecule has 6 nitrogen and oxygen atoms in total. The average molecular weight is 288 g/mol. The molecule has 7 heteroatoms. The van der Waals surface area contributed by atoms with Gasteiger partial charge < -0.3 is 10.3 Å². The number of non-ortho nitro benzene ring substituents is 1. The number of benzene rings is 1. The lowest BCUT2D eigenvalue weighted by atomic mass is 10.2. The van der Waals surface area contributed by atoms with E-state index in [1.807, 2.05) is 0 Å². The number of aromatic nitrogens is 2. The first-order chi connectivity index (χ1) is 9.63. The molecule has 0 spiro atoms. The number of nitrogens with one attached hydrogen (secondary N) is 2. The van der Waals surface area contributed by atoms with Crippen LogP contribution >= 0.6 is 11.3 Å². The summed E-state index contributed by atoms with van der Waals surface area (Å²) in [6.45, 7) is 2.74. The van der Waals surface area contributed by atoms with E-state index in [0.717, 1.165) is 0 Å². The lowest BCUT2D eigenvalue weighted by Crippen LogP contribution is -2.00. The summed E-state index contributed by atoms with van der Waals surface area (Å²) in [5, 5.41) is 18.1. The predicted molar refractivity (Wildman–Crippen MR) is 79.1 cm³/mol. The Labute approximate surface area is 118 Å². The summed E-state index contributed by atoms with van der Waals surface area (Å²) in [5.41, 5.74) is 3.89. The minimum Gasteiger partial charge on any atom is -0.352 e. The van der Waals surface area contributed by atoms with Crippen molar-refractivity contribution in [2.75, 3.05) is 5.32 Å². The molecule has 0 aliphatic heterocycles. The molecule has 0 fully saturated rings. The Kier molecular flexibility index (Phi) is 3.11. The predicted octanol–water partition coefficient (Wildman–Crippen LogP) is 3.45. The number of rotatable bonds is 4. The molecule has 3 rings (SSSR count). The molecule has 0 unspecified atom stereocenters. The number of aryl methyl sites for hydroxylation is 1. The van der Waals surface area contributed by atoms with Gasteiger partial charge in [0.1, 0.15) is 0 Å². The molecule has 0 saturated carbocycles. The van der Waals surface area contributed by atoms with Gasteiger partial charge in [-0.2, -0.15) is 11.3 Å². The van der Waals surface area contributed by atoms with Crippen LogP contribution in [0.25, 0.3) is 11.0 Å². The second-order valence-electron chi connectivity index (χ2n) is 4.48. The van der Waals surface area contributed by atoms with Crippen LogP contribution in [0.1, 0.15) is 11.1 Å². The van der Waals surface area contributed by atoms with Crippen LogP contribution in [0.15, 0.2) is 29.0 Å². The zero-order chi connectivity index (χ0) is 14.1. The molecule has 0 saturated heterocycles. The van der Waals surface area contributed by atoms with Crippen molar-refractivity contribution in [2.24, 2.45) is 0 Å². The lowest BCUT2D eigenvalue weighted by molar-refractivity contribution is -0.384. The summed E-state index contributed by atoms with van der Waals surface area (Å²) in [6.07, 6.45) is 0. The Morgan fingerprint density at radius 3 is 3.00 bits per heavy atom. The van der Waals surface area contributed by atoms with Crippen LogP contribution in [0, 0.1) is 17.0 Å². The number of anilines is 1. The minimum absolute atomic E-state index is 0.0568. The van der Waals surface area contributed by atoms with Crippen molar-refractivity contribution in [1.82, 2.24) is 9.97 Å². The van der Waals surface area contributed by atoms with Crippen molar-refractivity contribution in [1.29, 1.82) is 0 Å². The van der Waals surface area contributed by atoms with Gasteiger partial charge in [-0.25, -0.2) is 4.98 Å². The van der Waals surface area contributed by atoms with Crippen LogP contribution < -0.4 is 5.32 Å². The van der Waals surface area contributed by atoms with Gasteiger partial charge in [0.05, 0.1) is 16.0 Å². The van der Waals surface area contributed by atoms with Crippen LogP contribution in [-0.2, 0) is 6.54 Å². The highest BCUT2D eigenvalue weighted by Gasteiger charge is 2.09. The Bertz CT molecular complexity index is 778. The number of imidazole rings is 1. The lowest BCUT2D eigenvalue weighted by Gasteiger charge is -2.01. The van der Waals surface area contributed by atoms with E-state index in [1.54, 1.807) is 17.4 Å². The molecule has 102 valence electrons. The quantitative estimate of drug-likeness (QED) is 0.569. The van der Waals surface area contributed by atoms with E-state index in [9.17, 15) is 10.1 Å². The molecule has 2 aromatic heterocycles. The molecule has 0 bridgehead atoms. The highest BCUT2D eigenvalue weighted by molar-refractivity contribution is 7.08. The van der Waals surface area contributed by atoms with Crippen molar-refractivity contribution >= 4 is 34.0 Å². The van der Waals surface area contributed by atoms with Crippen molar-refractivity contribution < 1.29 is 4.92 Å². The SMILES string of the molecule is Cc1cscc1CNc1nc2ccc([N+](=O)[O-])cc2[nH]1. The number of H-pyrrole nitrogens is 1. The molecule has 0 aliphatic carbocycles. The van der Waals surface area contributed by atoms with Crippen LogP contribution in [0.4, 0.5) is 11.6 Å². The molecule has 0 amide bonds. The third-order valence-electron chi connectivity index (χ3n) is 3.08. The molecule has 2 heterocycles. The van der Waals surface area contributed by atoms with E-state index in [4.69, 9.17) is 0 Å². The highest BCUT2D eigenvalue weighted by Crippen LogP contribution is 2.21. The summed E-state index contributed by atoms with van der Waals surface area (Å²) in [5.74, 6) is 0.617. The number of nitro benzene ring substituents is 1. The van der Waals surface area contributed by atoms with Crippen molar-refractivity contribution in [3.05, 3.63) is 50.2 Å². The molecular weight excluding hydrogens is 276 g/mol. The minimum atomic E-state index is -0.415. The van der Waals surface area contributed by atoms with E-state index in [2.05, 4.69) is 33.0 Å². The van der Waals surface area contributed by atoms with Gasteiger partial charge in [0.15, 0.2) is 0 Å². The van der Waals surface area contributed by atoms with Gasteiger partial charge in [-0.05, 0) is 34.9 Å². The van der Waals surface area contributed by atoms with Gasteiger partial charge in [0.2, 0.25) is 5.95 Å². The maximum absolute atomic E-state index is 10.7. The summed E-state index contributed by atoms with van der Waals surface area (Å²) in [6, 6.07) is 4.59. The zero-order valence-electron chi connectivity index (χ0n) is 10.7. The Hall–Kier alpha value is -2.41. The third kappa shape index (κ3) is 2.35. The fraction of sp³-hybridized carbons (Fsp3) is 0.154. The fourth-order valence-electron chi connectivity index (χ4n) is 1.94. The number of thiophene rings is 1. The van der Waals surface area contributed by atoms with Gasteiger partial charge in [0, 0.05) is 18.7 Å². The largest absolute Gasteiger partial charge is 0.352 e. The molecule has 0 radical (unpaired) electrons. The second kappa shape index (κ2) is 4.93. The summed E-state index contributed by atoms with van der Waals surface area (Å²) < 4.78 is 0. The first kappa shape index (κ1) is 12.6. The van der Waals surface area contributed by atoms with Gasteiger partial charge in [0.25, 0.3) is 5.69 Å². The van der Waals surface area contributed by atoms with Crippen molar-refractivity contribution in [3.63, 3.8) is 0 Å². The smallest absolute Gasteiger partial charge is 0.271 e. The standard InChI is InChI=1S/C13H12N4O2S/c1-8-6-20-7-9(8)5-14-13-15-11-3-2-10(17(18)19)4-12(11)16-13/h2-4,6-7H,5H2,1H3,(H2,14,15,16). The van der Waals surface area contributed by atoms with E-state index in [-0.39, 0.29) is 5.69 Å². The number of nitro groups is 1. The average Bonchev–Trinajstić information content (AvgIpc) is 3.00. The van der Waals surface area contributed by atoms with E-state index in [1.165, 1.54) is 23.3 Å². The number of nitrogens with zero attached hydrogens (tertiary/aromatic N) is 2. The van der Waals surface area contributed by atoms with Crippen molar-refractivity contribution in [2.45, 2.75) is 13.5 Å². The summed E-state index contributed by atoms with van der Waals surface area (Å²) in [7, 11) is 0. The maximum atomic E-state index is 10.7. The summed E-state index contributed by atoms with van der Waals surface area (Å²) >= 11 is 1.67. The number of aromatic amines is 1. The van der Waals surface area contributed by atoms with Gasteiger partial charge in [-0.3, -0.25) is 10.1 Å². The molecule has 0 atom stereocenters. The molecule has 0 aliphatic rings. The van der Waals surface area contributed by atoms with Gasteiger partial charge in [-0.1, -0.05) is 0 Å². The Morgan fingerprint density at radius 1 is 1.45 bits per heavy atom. The van der Waals surface area contributed by atoms with Crippen LogP contribution in [0.2, 0.25) is 0 Å². The highest BCUT2D eigenvalue weighted by atomic mass is 32.1. The normalized spacial score (nSPS) is 10.8. The van der Waals surface area contributed by atoms with Crippen LogP contribution in [0.5, 0.6) is 0 Å². The number of hydrogen-bond acceptors (Lipinski definition) is 5. The number of fused-ring (bicyclic) bond motifs is 1. The van der Waals surface area contributed by atoms with Crippen molar-refractivity contribution in [3.8, 4) is 0 Å².